The Bertz CT molecular complexity index is 520. The molecule has 1 N–H and O–H groups in total. The number of hydrogen-bond acceptors (Lipinski definition) is 2. The van der Waals surface area contributed by atoms with Crippen LogP contribution in [0.3, 0.4) is 0 Å². The van der Waals surface area contributed by atoms with Crippen molar-refractivity contribution in [2.45, 2.75) is 43.9 Å². The molecule has 1 heterocycles. The summed E-state index contributed by atoms with van der Waals surface area (Å²) in [4.78, 5) is 12.2. The summed E-state index contributed by atoms with van der Waals surface area (Å²) in [7, 11) is 0. The number of ether oxygens (including phenoxy) is 1. The lowest BCUT2D eigenvalue weighted by Gasteiger charge is -2.30. The predicted octanol–water partition coefficient (Wildman–Crippen LogP) is 3.18. The average Bonchev–Trinajstić information content (AvgIpc) is 3.17. The zero-order valence-electron chi connectivity index (χ0n) is 12.9. The van der Waals surface area contributed by atoms with Gasteiger partial charge in [-0.2, -0.15) is 0 Å². The standard InChI is InChI=1S/C18H24FNO2/c19-16-5-3-4-15(11-16)18(7-1-2-8-18)13-20-17(21)10-14-6-9-22-12-14/h3-5,11,14H,1-2,6-10,12-13H2,(H,20,21)/t14-/m0/s1. The van der Waals surface area contributed by atoms with E-state index < -0.39 is 0 Å². The lowest BCUT2D eigenvalue weighted by atomic mass is 9.78. The summed E-state index contributed by atoms with van der Waals surface area (Å²) in [5.74, 6) is 0.255. The predicted molar refractivity (Wildman–Crippen MR) is 83.1 cm³/mol. The molecule has 0 unspecified atom stereocenters. The lowest BCUT2D eigenvalue weighted by Crippen LogP contribution is -2.39. The largest absolute Gasteiger partial charge is 0.381 e. The molecule has 3 rings (SSSR count). The van der Waals surface area contributed by atoms with Crippen LogP contribution in [0.15, 0.2) is 24.3 Å². The number of amides is 1. The highest BCUT2D eigenvalue weighted by Gasteiger charge is 2.36. The summed E-state index contributed by atoms with van der Waals surface area (Å²) in [6.45, 7) is 2.08. The van der Waals surface area contributed by atoms with Crippen LogP contribution in [0.4, 0.5) is 4.39 Å². The molecule has 2 fully saturated rings. The molecule has 0 bridgehead atoms. The second-order valence-corrected chi connectivity index (χ2v) is 6.71. The molecule has 1 atom stereocenters. The van der Waals surface area contributed by atoms with Gasteiger partial charge < -0.3 is 10.1 Å². The van der Waals surface area contributed by atoms with Crippen molar-refractivity contribution >= 4 is 5.91 Å². The third kappa shape index (κ3) is 3.49. The smallest absolute Gasteiger partial charge is 0.220 e. The van der Waals surface area contributed by atoms with Crippen LogP contribution in [-0.4, -0.2) is 25.7 Å². The van der Waals surface area contributed by atoms with Crippen LogP contribution in [0, 0.1) is 11.7 Å². The summed E-state index contributed by atoms with van der Waals surface area (Å²) in [5, 5.41) is 3.09. The Balaban J connectivity index is 1.63. The molecule has 1 saturated heterocycles. The van der Waals surface area contributed by atoms with E-state index in [-0.39, 0.29) is 17.1 Å². The van der Waals surface area contributed by atoms with Crippen molar-refractivity contribution in [2.24, 2.45) is 5.92 Å². The van der Waals surface area contributed by atoms with Crippen molar-refractivity contribution in [2.75, 3.05) is 19.8 Å². The van der Waals surface area contributed by atoms with Crippen LogP contribution < -0.4 is 5.32 Å². The molecule has 0 aromatic heterocycles. The SMILES string of the molecule is O=C(C[C@@H]1CCOC1)NCC1(c2cccc(F)c2)CCCC1. The van der Waals surface area contributed by atoms with Crippen molar-refractivity contribution in [1.29, 1.82) is 0 Å². The molecule has 1 aromatic rings. The van der Waals surface area contributed by atoms with Crippen LogP contribution in [0.1, 0.15) is 44.1 Å². The van der Waals surface area contributed by atoms with Crippen LogP contribution in [0.25, 0.3) is 0 Å². The van der Waals surface area contributed by atoms with E-state index in [1.165, 1.54) is 6.07 Å². The van der Waals surface area contributed by atoms with Crippen molar-refractivity contribution in [3.05, 3.63) is 35.6 Å². The second-order valence-electron chi connectivity index (χ2n) is 6.71. The van der Waals surface area contributed by atoms with Gasteiger partial charge in [0.15, 0.2) is 0 Å². The summed E-state index contributed by atoms with van der Waals surface area (Å²) < 4.78 is 18.9. The van der Waals surface area contributed by atoms with Crippen LogP contribution in [-0.2, 0) is 14.9 Å². The minimum Gasteiger partial charge on any atom is -0.381 e. The van der Waals surface area contributed by atoms with E-state index in [0.29, 0.717) is 25.5 Å². The van der Waals surface area contributed by atoms with Gasteiger partial charge in [-0.3, -0.25) is 4.79 Å². The summed E-state index contributed by atoms with van der Waals surface area (Å²) >= 11 is 0. The van der Waals surface area contributed by atoms with Gasteiger partial charge in [-0.15, -0.1) is 0 Å². The fourth-order valence-corrected chi connectivity index (χ4v) is 3.78. The van der Waals surface area contributed by atoms with E-state index in [1.54, 1.807) is 12.1 Å². The van der Waals surface area contributed by atoms with Crippen LogP contribution >= 0.6 is 0 Å². The van der Waals surface area contributed by atoms with Gasteiger partial charge in [0.25, 0.3) is 0 Å². The average molecular weight is 305 g/mol. The maximum absolute atomic E-state index is 13.6. The molecular formula is C18H24FNO2. The summed E-state index contributed by atoms with van der Waals surface area (Å²) in [6.07, 6.45) is 5.83. The van der Waals surface area contributed by atoms with E-state index in [4.69, 9.17) is 4.74 Å². The Morgan fingerprint density at radius 2 is 2.18 bits per heavy atom. The molecule has 1 aliphatic heterocycles. The fraction of sp³-hybridized carbons (Fsp3) is 0.611. The maximum atomic E-state index is 13.6. The minimum atomic E-state index is -0.196. The normalized spacial score (nSPS) is 23.6. The Hall–Kier alpha value is -1.42. The first kappa shape index (κ1) is 15.5. The molecule has 4 heteroatoms. The number of hydrogen-bond donors (Lipinski definition) is 1. The molecule has 1 aliphatic carbocycles. The Kier molecular flexibility index (Phi) is 4.77. The topological polar surface area (TPSA) is 38.3 Å². The number of halogens is 1. The highest BCUT2D eigenvalue weighted by atomic mass is 19.1. The zero-order chi connectivity index (χ0) is 15.4. The first-order chi connectivity index (χ1) is 10.7. The highest BCUT2D eigenvalue weighted by molar-refractivity contribution is 5.76. The highest BCUT2D eigenvalue weighted by Crippen LogP contribution is 2.40. The number of nitrogens with one attached hydrogen (secondary N) is 1. The van der Waals surface area contributed by atoms with Gasteiger partial charge in [0.2, 0.25) is 5.91 Å². The Morgan fingerprint density at radius 3 is 2.86 bits per heavy atom. The molecule has 22 heavy (non-hydrogen) atoms. The van der Waals surface area contributed by atoms with Gasteiger partial charge in [0.1, 0.15) is 5.82 Å². The van der Waals surface area contributed by atoms with Gasteiger partial charge in [-0.25, -0.2) is 4.39 Å². The van der Waals surface area contributed by atoms with E-state index in [1.807, 2.05) is 6.07 Å². The molecule has 2 aliphatic rings. The van der Waals surface area contributed by atoms with Gasteiger partial charge in [0.05, 0.1) is 0 Å². The number of benzene rings is 1. The third-order valence-corrected chi connectivity index (χ3v) is 5.12. The molecule has 1 saturated carbocycles. The van der Waals surface area contributed by atoms with Crippen molar-refractivity contribution in [3.8, 4) is 0 Å². The first-order valence-corrected chi connectivity index (χ1v) is 8.28. The number of rotatable bonds is 5. The van der Waals surface area contributed by atoms with Gasteiger partial charge in [-0.1, -0.05) is 25.0 Å². The molecule has 3 nitrogen and oxygen atoms in total. The van der Waals surface area contributed by atoms with Crippen molar-refractivity contribution < 1.29 is 13.9 Å². The van der Waals surface area contributed by atoms with Crippen molar-refractivity contribution in [3.63, 3.8) is 0 Å². The van der Waals surface area contributed by atoms with Crippen LogP contribution in [0.2, 0.25) is 0 Å². The molecule has 120 valence electrons. The quantitative estimate of drug-likeness (QED) is 0.907. The number of carbonyl (C=O) groups is 1. The summed E-state index contributed by atoms with van der Waals surface area (Å²) in [5.41, 5.74) is 0.929. The monoisotopic (exact) mass is 305 g/mol. The molecule has 0 radical (unpaired) electrons. The van der Waals surface area contributed by atoms with Gasteiger partial charge >= 0.3 is 0 Å². The number of carbonyl (C=O) groups excluding carboxylic acids is 1. The maximum Gasteiger partial charge on any atom is 0.220 e. The van der Waals surface area contributed by atoms with E-state index >= 15 is 0 Å². The fourth-order valence-electron chi connectivity index (χ4n) is 3.78. The van der Waals surface area contributed by atoms with Gasteiger partial charge in [-0.05, 0) is 42.9 Å². The zero-order valence-corrected chi connectivity index (χ0v) is 12.9. The van der Waals surface area contributed by atoms with Crippen LogP contribution in [0.5, 0.6) is 0 Å². The molecule has 0 spiro atoms. The first-order valence-electron chi connectivity index (χ1n) is 8.28. The Morgan fingerprint density at radius 1 is 1.36 bits per heavy atom. The lowest BCUT2D eigenvalue weighted by molar-refractivity contribution is -0.122. The minimum absolute atomic E-state index is 0.0933. The second kappa shape index (κ2) is 6.78. The van der Waals surface area contributed by atoms with E-state index in [2.05, 4.69) is 5.32 Å². The van der Waals surface area contributed by atoms with E-state index in [0.717, 1.165) is 44.3 Å². The molecular weight excluding hydrogens is 281 g/mol. The van der Waals surface area contributed by atoms with E-state index in [9.17, 15) is 9.18 Å². The third-order valence-electron chi connectivity index (χ3n) is 5.12. The van der Waals surface area contributed by atoms with Gasteiger partial charge in [0, 0.05) is 31.6 Å². The van der Waals surface area contributed by atoms with Crippen molar-refractivity contribution in [1.82, 2.24) is 5.32 Å². The molecule has 1 amide bonds. The Labute approximate surface area is 131 Å². The summed E-state index contributed by atoms with van der Waals surface area (Å²) in [6, 6.07) is 6.86. The molecule has 1 aromatic carbocycles.